The normalized spacial score (nSPS) is 18.2. The Kier molecular flexibility index (Phi) is 6.02. The molecule has 1 aliphatic rings. The molecule has 2 aromatic rings. The molecule has 1 saturated carbocycles. The van der Waals surface area contributed by atoms with E-state index in [1.807, 2.05) is 24.0 Å². The topological polar surface area (TPSA) is 66.8 Å². The number of carbonyl (C=O) groups excluding carboxylic acids is 1. The van der Waals surface area contributed by atoms with E-state index in [-0.39, 0.29) is 11.5 Å². The molecular formula is C23H27NO4. The number of carboxylic acid groups (broad SMARTS) is 1. The summed E-state index contributed by atoms with van der Waals surface area (Å²) in [6.07, 6.45) is 2.28. The van der Waals surface area contributed by atoms with Crippen LogP contribution in [-0.4, -0.2) is 42.1 Å². The summed E-state index contributed by atoms with van der Waals surface area (Å²) in [5, 5.41) is 9.27. The second kappa shape index (κ2) is 8.46. The van der Waals surface area contributed by atoms with Crippen molar-refractivity contribution in [1.29, 1.82) is 0 Å². The largest absolute Gasteiger partial charge is 0.496 e. The number of carboxylic acids is 1. The number of amides is 1. The van der Waals surface area contributed by atoms with Crippen LogP contribution in [-0.2, 0) is 4.79 Å². The maximum absolute atomic E-state index is 11.7. The van der Waals surface area contributed by atoms with Gasteiger partial charge in [0.15, 0.2) is 0 Å². The standard InChI is InChI=1S/C23H27NO4/c1-4-24(15(2)25)14-19-9-11-20(19)16-5-7-17(8-6-16)21-13-18(23(26)27)10-12-22(21)28-3/h5-8,10,12-13,19-20H,4,9,11,14H2,1-3H3,(H,26,27)/t19?,20-/m0/s1. The van der Waals surface area contributed by atoms with Crippen LogP contribution in [0.2, 0.25) is 0 Å². The second-order valence-electron chi connectivity index (χ2n) is 7.34. The van der Waals surface area contributed by atoms with E-state index in [1.54, 1.807) is 32.2 Å². The zero-order chi connectivity index (χ0) is 20.3. The molecule has 28 heavy (non-hydrogen) atoms. The molecule has 1 aliphatic carbocycles. The highest BCUT2D eigenvalue weighted by atomic mass is 16.5. The molecule has 1 fully saturated rings. The van der Waals surface area contributed by atoms with Crippen molar-refractivity contribution in [2.24, 2.45) is 5.92 Å². The van der Waals surface area contributed by atoms with Crippen LogP contribution in [0.4, 0.5) is 0 Å². The lowest BCUT2D eigenvalue weighted by Crippen LogP contribution is -2.39. The van der Waals surface area contributed by atoms with Crippen LogP contribution < -0.4 is 4.74 Å². The molecular weight excluding hydrogens is 354 g/mol. The van der Waals surface area contributed by atoms with Gasteiger partial charge < -0.3 is 14.7 Å². The van der Waals surface area contributed by atoms with Crippen LogP contribution in [0.1, 0.15) is 48.5 Å². The minimum absolute atomic E-state index is 0.133. The molecule has 1 amide bonds. The lowest BCUT2D eigenvalue weighted by molar-refractivity contribution is -0.129. The van der Waals surface area contributed by atoms with Crippen molar-refractivity contribution in [2.45, 2.75) is 32.6 Å². The monoisotopic (exact) mass is 381 g/mol. The summed E-state index contributed by atoms with van der Waals surface area (Å²) < 4.78 is 5.41. The molecule has 5 heteroatoms. The highest BCUT2D eigenvalue weighted by molar-refractivity contribution is 5.90. The number of aromatic carboxylic acids is 1. The average Bonchev–Trinajstić information content (AvgIpc) is 2.67. The van der Waals surface area contributed by atoms with Gasteiger partial charge in [0.2, 0.25) is 5.91 Å². The molecule has 5 nitrogen and oxygen atoms in total. The van der Waals surface area contributed by atoms with E-state index in [9.17, 15) is 14.7 Å². The molecule has 1 N–H and O–H groups in total. The quantitative estimate of drug-likeness (QED) is 0.771. The maximum Gasteiger partial charge on any atom is 0.335 e. The number of ether oxygens (including phenoxy) is 1. The molecule has 0 bridgehead atoms. The van der Waals surface area contributed by atoms with Crippen molar-refractivity contribution in [3.63, 3.8) is 0 Å². The predicted octanol–water partition coefficient (Wildman–Crippen LogP) is 4.42. The summed E-state index contributed by atoms with van der Waals surface area (Å²) >= 11 is 0. The third kappa shape index (κ3) is 4.03. The second-order valence-corrected chi connectivity index (χ2v) is 7.34. The van der Waals surface area contributed by atoms with Crippen LogP contribution in [0.15, 0.2) is 42.5 Å². The van der Waals surface area contributed by atoms with Gasteiger partial charge in [0.25, 0.3) is 0 Å². The van der Waals surface area contributed by atoms with E-state index >= 15 is 0 Å². The van der Waals surface area contributed by atoms with Crippen molar-refractivity contribution < 1.29 is 19.4 Å². The van der Waals surface area contributed by atoms with Crippen molar-refractivity contribution in [2.75, 3.05) is 20.2 Å². The van der Waals surface area contributed by atoms with Gasteiger partial charge in [0.05, 0.1) is 12.7 Å². The van der Waals surface area contributed by atoms with Gasteiger partial charge in [-0.25, -0.2) is 4.79 Å². The van der Waals surface area contributed by atoms with Gasteiger partial charge in [-0.15, -0.1) is 0 Å². The first-order chi connectivity index (χ1) is 13.4. The van der Waals surface area contributed by atoms with Gasteiger partial charge in [-0.3, -0.25) is 4.79 Å². The number of nitrogens with zero attached hydrogens (tertiary/aromatic N) is 1. The highest BCUT2D eigenvalue weighted by Gasteiger charge is 2.33. The maximum atomic E-state index is 11.7. The smallest absolute Gasteiger partial charge is 0.335 e. The highest BCUT2D eigenvalue weighted by Crippen LogP contribution is 2.43. The van der Waals surface area contributed by atoms with E-state index in [0.717, 1.165) is 37.1 Å². The van der Waals surface area contributed by atoms with Crippen molar-refractivity contribution in [3.05, 3.63) is 53.6 Å². The van der Waals surface area contributed by atoms with E-state index in [0.29, 0.717) is 17.6 Å². The Balaban J connectivity index is 1.80. The number of hydrogen-bond donors (Lipinski definition) is 1. The molecule has 1 unspecified atom stereocenters. The van der Waals surface area contributed by atoms with Crippen LogP contribution in [0.3, 0.4) is 0 Å². The zero-order valence-corrected chi connectivity index (χ0v) is 16.6. The van der Waals surface area contributed by atoms with Gasteiger partial charge in [-0.05, 0) is 60.9 Å². The number of hydrogen-bond acceptors (Lipinski definition) is 3. The Morgan fingerprint density at radius 3 is 2.36 bits per heavy atom. The Hall–Kier alpha value is -2.82. The summed E-state index contributed by atoms with van der Waals surface area (Å²) in [5.74, 6) is 0.797. The molecule has 0 heterocycles. The fourth-order valence-electron chi connectivity index (χ4n) is 3.97. The van der Waals surface area contributed by atoms with E-state index in [2.05, 4.69) is 12.1 Å². The van der Waals surface area contributed by atoms with Gasteiger partial charge in [0.1, 0.15) is 5.75 Å². The van der Waals surface area contributed by atoms with Crippen LogP contribution >= 0.6 is 0 Å². The first-order valence-electron chi connectivity index (χ1n) is 9.71. The number of methoxy groups -OCH3 is 1. The zero-order valence-electron chi connectivity index (χ0n) is 16.6. The summed E-state index contributed by atoms with van der Waals surface area (Å²) in [6.45, 7) is 5.21. The Morgan fingerprint density at radius 2 is 1.86 bits per heavy atom. The van der Waals surface area contributed by atoms with Crippen LogP contribution in [0.25, 0.3) is 11.1 Å². The minimum Gasteiger partial charge on any atom is -0.496 e. The molecule has 0 spiro atoms. The third-order valence-corrected chi connectivity index (χ3v) is 5.80. The Bertz CT molecular complexity index is 859. The Morgan fingerprint density at radius 1 is 1.14 bits per heavy atom. The predicted molar refractivity (Wildman–Crippen MR) is 109 cm³/mol. The van der Waals surface area contributed by atoms with E-state index in [4.69, 9.17) is 4.74 Å². The third-order valence-electron chi connectivity index (χ3n) is 5.80. The number of rotatable bonds is 7. The van der Waals surface area contributed by atoms with Crippen molar-refractivity contribution >= 4 is 11.9 Å². The Labute approximate surface area is 165 Å². The van der Waals surface area contributed by atoms with E-state index < -0.39 is 5.97 Å². The molecule has 0 radical (unpaired) electrons. The molecule has 2 atom stereocenters. The van der Waals surface area contributed by atoms with Crippen molar-refractivity contribution in [1.82, 2.24) is 4.90 Å². The van der Waals surface area contributed by atoms with Gasteiger partial charge >= 0.3 is 5.97 Å². The average molecular weight is 381 g/mol. The van der Waals surface area contributed by atoms with Gasteiger partial charge in [0, 0.05) is 25.6 Å². The van der Waals surface area contributed by atoms with Gasteiger partial charge in [-0.1, -0.05) is 24.3 Å². The molecule has 3 rings (SSSR count). The van der Waals surface area contributed by atoms with E-state index in [1.165, 1.54) is 5.56 Å². The summed E-state index contributed by atoms with van der Waals surface area (Å²) in [6, 6.07) is 13.2. The fraction of sp³-hybridized carbons (Fsp3) is 0.391. The lowest BCUT2D eigenvalue weighted by atomic mass is 9.69. The first-order valence-corrected chi connectivity index (χ1v) is 9.71. The molecule has 2 aromatic carbocycles. The summed E-state index contributed by atoms with van der Waals surface area (Å²) in [5.41, 5.74) is 3.21. The first kappa shape index (κ1) is 19.9. The molecule has 148 valence electrons. The van der Waals surface area contributed by atoms with Crippen LogP contribution in [0.5, 0.6) is 5.75 Å². The van der Waals surface area contributed by atoms with Crippen molar-refractivity contribution in [3.8, 4) is 16.9 Å². The molecule has 0 saturated heterocycles. The summed E-state index contributed by atoms with van der Waals surface area (Å²) in [4.78, 5) is 24.9. The minimum atomic E-state index is -0.955. The summed E-state index contributed by atoms with van der Waals surface area (Å²) in [7, 11) is 1.58. The number of carbonyl (C=O) groups is 2. The number of benzene rings is 2. The fourth-order valence-corrected chi connectivity index (χ4v) is 3.97. The molecule has 0 aromatic heterocycles. The lowest BCUT2D eigenvalue weighted by Gasteiger charge is -2.40. The molecule has 0 aliphatic heterocycles. The van der Waals surface area contributed by atoms with Gasteiger partial charge in [-0.2, -0.15) is 0 Å². The van der Waals surface area contributed by atoms with Crippen LogP contribution in [0, 0.1) is 5.92 Å². The SMILES string of the molecule is CCN(CC1CC[C@H]1c1ccc(-c2cc(C(=O)O)ccc2OC)cc1)C(C)=O.